The molecule has 13 saturated heterocycles. The summed E-state index contributed by atoms with van der Waals surface area (Å²) in [6, 6.07) is 0. The molecule has 11 aliphatic carbocycles. The Morgan fingerprint density at radius 2 is 0.752 bits per heavy atom. The van der Waals surface area contributed by atoms with Crippen LogP contribution in [0.3, 0.4) is 0 Å². The molecule has 18 nitrogen and oxygen atoms in total. The number of rotatable bonds is 0. The molecule has 105 heavy (non-hydrogen) atoms. The monoisotopic (exact) mass is 1480 g/mol. The van der Waals surface area contributed by atoms with Crippen LogP contribution in [0.2, 0.25) is 0 Å². The molecule has 18 heteroatoms. The number of carbonyl (C=O) groups is 9. The van der Waals surface area contributed by atoms with E-state index in [0.717, 1.165) is 150 Å². The minimum atomic E-state index is -0.225. The molecule has 602 valence electrons. The second-order valence-corrected chi connectivity index (χ2v) is 34.5. The average Bonchev–Trinajstić information content (AvgIpc) is 1.59. The molecule has 24 fully saturated rings. The van der Waals surface area contributed by atoms with Crippen molar-refractivity contribution in [3.63, 3.8) is 0 Å². The van der Waals surface area contributed by atoms with E-state index in [1.54, 1.807) is 0 Å². The van der Waals surface area contributed by atoms with Crippen molar-refractivity contribution < 1.29 is 85.8 Å². The molecule has 0 radical (unpaired) electrons. The third kappa shape index (κ3) is 22.5. The van der Waals surface area contributed by atoms with E-state index in [-0.39, 0.29) is 131 Å². The Kier molecular flexibility index (Phi) is 34.6. The van der Waals surface area contributed by atoms with Gasteiger partial charge in [0.05, 0.1) is 67.5 Å². The lowest BCUT2D eigenvalue weighted by Gasteiger charge is -2.38. The SMILES string of the molecule is CC.CC.CC.CC.CC.CC.CC1C(=O)OCC1(C)C.CC1C2CC3C(=O)OC1C3C2.CC1C2CC3CC2C(=O)OC31.CC1CC(=O)OC1(C)C.CC1CCC2CC1OC2=O.CC1COC(=O)C1.O=C1OC2CC3CC(C2)CC1C3.O=C1OC2CC3CC(C2)CC1C3.O=C1OC2CC3CC(C2)CC1C3. The molecular formula is C87H146O18. The smallest absolute Gasteiger partial charge is 0.309 e. The normalized spacial score (nSPS) is 41.8. The summed E-state index contributed by atoms with van der Waals surface area (Å²) in [7, 11) is 0. The van der Waals surface area contributed by atoms with E-state index in [1.807, 2.05) is 132 Å². The Balaban J connectivity index is 0.000000182. The maximum atomic E-state index is 11.4. The largest absolute Gasteiger partial charge is 0.465 e. The summed E-state index contributed by atoms with van der Waals surface area (Å²) < 4.78 is 46.5. The molecule has 22 atom stereocenters. The molecule has 13 heterocycles. The highest BCUT2D eigenvalue weighted by atomic mass is 16.6. The lowest BCUT2D eigenvalue weighted by Crippen LogP contribution is -2.44. The fourth-order valence-electron chi connectivity index (χ4n) is 20.9. The topological polar surface area (TPSA) is 237 Å². The molecule has 20 bridgehead atoms. The first-order valence-electron chi connectivity index (χ1n) is 42.9. The van der Waals surface area contributed by atoms with E-state index >= 15 is 0 Å². The van der Waals surface area contributed by atoms with E-state index < -0.39 is 0 Å². The van der Waals surface area contributed by atoms with Gasteiger partial charge in [-0.1, -0.05) is 138 Å². The zero-order valence-electron chi connectivity index (χ0n) is 69.4. The number of hydrogen-bond acceptors (Lipinski definition) is 18. The van der Waals surface area contributed by atoms with Gasteiger partial charge < -0.3 is 42.6 Å². The number of fused-ring (bicyclic) bond motifs is 7. The highest BCUT2D eigenvalue weighted by Crippen LogP contribution is 2.59. The van der Waals surface area contributed by atoms with Crippen LogP contribution in [0.15, 0.2) is 0 Å². The van der Waals surface area contributed by atoms with Crippen molar-refractivity contribution in [2.75, 3.05) is 13.2 Å². The predicted octanol–water partition coefficient (Wildman–Crippen LogP) is 18.3. The fourth-order valence-corrected chi connectivity index (χ4v) is 20.9. The van der Waals surface area contributed by atoms with Crippen molar-refractivity contribution >= 4 is 53.7 Å². The minimum absolute atomic E-state index is 0.0486. The van der Waals surface area contributed by atoms with Gasteiger partial charge in [0.15, 0.2) is 0 Å². The third-order valence-corrected chi connectivity index (χ3v) is 26.8. The first-order valence-corrected chi connectivity index (χ1v) is 42.9. The van der Waals surface area contributed by atoms with Crippen molar-refractivity contribution in [2.45, 2.75) is 349 Å². The highest BCUT2D eigenvalue weighted by Gasteiger charge is 2.61. The van der Waals surface area contributed by atoms with Crippen LogP contribution in [-0.2, 0) is 85.8 Å². The highest BCUT2D eigenvalue weighted by molar-refractivity contribution is 5.78. The molecule has 13 aliphatic heterocycles. The molecule has 0 aromatic heterocycles. The average molecular weight is 1480 g/mol. The summed E-state index contributed by atoms with van der Waals surface area (Å²) in [6.45, 7) is 45.8. The van der Waals surface area contributed by atoms with Crippen molar-refractivity contribution in [2.24, 2.45) is 136 Å². The quantitative estimate of drug-likeness (QED) is 0.162. The van der Waals surface area contributed by atoms with Gasteiger partial charge in [0.1, 0.15) is 42.2 Å². The van der Waals surface area contributed by atoms with Gasteiger partial charge in [-0.25, -0.2) is 0 Å². The lowest BCUT2D eigenvalue weighted by molar-refractivity contribution is -0.176. The van der Waals surface area contributed by atoms with E-state index in [4.69, 9.17) is 37.9 Å². The Labute approximate surface area is 634 Å². The van der Waals surface area contributed by atoms with E-state index in [1.165, 1.54) is 38.5 Å². The van der Waals surface area contributed by atoms with Crippen molar-refractivity contribution in [3.05, 3.63) is 0 Å². The van der Waals surface area contributed by atoms with Crippen molar-refractivity contribution in [1.82, 2.24) is 0 Å². The van der Waals surface area contributed by atoms with Crippen molar-refractivity contribution in [3.8, 4) is 0 Å². The van der Waals surface area contributed by atoms with E-state index in [2.05, 4.69) is 25.5 Å². The lowest BCUT2D eigenvalue weighted by atomic mass is 9.68. The number of esters is 9. The number of carbonyl (C=O) groups excluding carboxylic acids is 9. The maximum Gasteiger partial charge on any atom is 0.309 e. The molecule has 0 amide bonds. The summed E-state index contributed by atoms with van der Waals surface area (Å²) >= 11 is 0. The first kappa shape index (κ1) is 89.1. The molecular weight excluding hydrogens is 1330 g/mol. The summed E-state index contributed by atoms with van der Waals surface area (Å²) in [5.74, 6) is 12.4. The molecule has 24 rings (SSSR count). The summed E-state index contributed by atoms with van der Waals surface area (Å²) in [5, 5.41) is 0. The zero-order chi connectivity index (χ0) is 78.1. The Morgan fingerprint density at radius 1 is 0.343 bits per heavy atom. The number of ether oxygens (including phenoxy) is 9. The van der Waals surface area contributed by atoms with Crippen LogP contribution in [0.4, 0.5) is 0 Å². The van der Waals surface area contributed by atoms with Crippen LogP contribution in [0.5, 0.6) is 0 Å². The van der Waals surface area contributed by atoms with E-state index in [0.29, 0.717) is 79.5 Å². The van der Waals surface area contributed by atoms with Crippen LogP contribution in [-0.4, -0.2) is 109 Å². The van der Waals surface area contributed by atoms with Gasteiger partial charge in [-0.05, 0) is 226 Å². The molecule has 0 aromatic carbocycles. The van der Waals surface area contributed by atoms with Crippen LogP contribution in [0, 0.1) is 136 Å². The Morgan fingerprint density at radius 3 is 1.04 bits per heavy atom. The fraction of sp³-hybridized carbons (Fsp3) is 0.897. The van der Waals surface area contributed by atoms with Gasteiger partial charge in [-0.3, -0.25) is 43.2 Å². The molecule has 0 aromatic rings. The number of cyclic esters (lactones) is 3. The number of hydrogen-bond donors (Lipinski definition) is 0. The molecule has 0 N–H and O–H groups in total. The maximum absolute atomic E-state index is 11.4. The van der Waals surface area contributed by atoms with Crippen LogP contribution in [0.1, 0.15) is 306 Å². The summed E-state index contributed by atoms with van der Waals surface area (Å²) in [6.07, 6.45) is 28.5. The first-order chi connectivity index (χ1) is 50.1. The predicted molar refractivity (Wildman–Crippen MR) is 405 cm³/mol. The Bertz CT molecular complexity index is 2630. The molecule has 22 unspecified atom stereocenters. The van der Waals surface area contributed by atoms with Crippen molar-refractivity contribution in [1.29, 1.82) is 0 Å². The standard InChI is InChI=1S/3C10H14O2.2C9H12O2.C8H12O2.2C7H12O2.C5H8O2.6C2H6/c3*11-10-8-2-6-1-7(3-8)5-9(4-6)12-10;1-4-6-2-5-3-7(6)9(10)11-8(4)5;1-4-5-2-6-7(3-5)9(10)11-8(4)6;1-5-2-3-6-4-7(5)10-8(6)9;1-5-6(8)9-4-7(5,2)3;1-5-4-6(8)9-7(5,2)3;1-4-2-5(6)7-3-4;6*1-2/h3*6-9H,1-5H2;2*4-8H,2-3H2,1H3;5-7H,2-4H2,1H3;2*5H,4H2,1-3H3;4H,2-3H2,1H3;6*1-2H3. The van der Waals surface area contributed by atoms with Gasteiger partial charge in [-0.2, -0.15) is 0 Å². The zero-order valence-corrected chi connectivity index (χ0v) is 69.4. The Hall–Kier alpha value is -4.77. The van der Waals surface area contributed by atoms with Gasteiger partial charge >= 0.3 is 53.7 Å². The van der Waals surface area contributed by atoms with Gasteiger partial charge in [0.25, 0.3) is 0 Å². The summed E-state index contributed by atoms with van der Waals surface area (Å²) in [4.78, 5) is 99.4. The van der Waals surface area contributed by atoms with Crippen LogP contribution >= 0.6 is 0 Å². The second kappa shape index (κ2) is 40.8. The molecule has 0 spiro atoms. The second-order valence-electron chi connectivity index (χ2n) is 34.5. The van der Waals surface area contributed by atoms with E-state index in [9.17, 15) is 43.2 Å². The van der Waals surface area contributed by atoms with Gasteiger partial charge in [-0.15, -0.1) is 0 Å². The minimum Gasteiger partial charge on any atom is -0.465 e. The van der Waals surface area contributed by atoms with Crippen LogP contribution < -0.4 is 0 Å². The summed E-state index contributed by atoms with van der Waals surface area (Å²) in [5.41, 5.74) is -0.172. The molecule has 24 aliphatic rings. The third-order valence-electron chi connectivity index (χ3n) is 26.8. The van der Waals surface area contributed by atoms with Gasteiger partial charge in [0.2, 0.25) is 0 Å². The van der Waals surface area contributed by atoms with Crippen LogP contribution in [0.25, 0.3) is 0 Å². The molecule has 11 saturated carbocycles. The van der Waals surface area contributed by atoms with Gasteiger partial charge in [0, 0.05) is 23.2 Å².